The van der Waals surface area contributed by atoms with Crippen molar-refractivity contribution in [3.8, 4) is 5.75 Å². The van der Waals surface area contributed by atoms with E-state index in [1.165, 1.54) is 29.5 Å². The maximum Gasteiger partial charge on any atom is 0.573 e. The first-order valence-electron chi connectivity index (χ1n) is 5.71. The molecule has 8 heteroatoms. The Morgan fingerprint density at radius 3 is 2.67 bits per heavy atom. The van der Waals surface area contributed by atoms with Crippen molar-refractivity contribution in [2.75, 3.05) is 0 Å². The Bertz CT molecular complexity index is 642. The van der Waals surface area contributed by atoms with Crippen LogP contribution in [0.4, 0.5) is 13.2 Å². The van der Waals surface area contributed by atoms with Gasteiger partial charge in [-0.2, -0.15) is 0 Å². The highest BCUT2D eigenvalue weighted by molar-refractivity contribution is 9.11. The number of benzene rings is 1. The largest absolute Gasteiger partial charge is 0.573 e. The Labute approximate surface area is 130 Å². The van der Waals surface area contributed by atoms with E-state index in [0.29, 0.717) is 5.56 Å². The number of amides is 1. The van der Waals surface area contributed by atoms with Gasteiger partial charge in [-0.15, -0.1) is 24.5 Å². The van der Waals surface area contributed by atoms with Crippen LogP contribution in [0.15, 0.2) is 39.5 Å². The smallest absolute Gasteiger partial charge is 0.405 e. The summed E-state index contributed by atoms with van der Waals surface area (Å²) in [6.45, 7) is -0.0570. The summed E-state index contributed by atoms with van der Waals surface area (Å²) in [5, 5.41) is 4.20. The van der Waals surface area contributed by atoms with Crippen molar-refractivity contribution >= 4 is 33.2 Å². The highest BCUT2D eigenvalue weighted by Gasteiger charge is 2.31. The molecular formula is C13H9BrF3NO2S. The fourth-order valence-electron chi connectivity index (χ4n) is 1.58. The van der Waals surface area contributed by atoms with Crippen LogP contribution < -0.4 is 10.1 Å². The average molecular weight is 380 g/mol. The number of carbonyl (C=O) groups is 1. The number of rotatable bonds is 4. The number of hydrogen-bond acceptors (Lipinski definition) is 3. The lowest BCUT2D eigenvalue weighted by molar-refractivity contribution is -0.274. The number of ether oxygens (including phenoxy) is 1. The molecule has 0 aliphatic rings. The zero-order chi connectivity index (χ0) is 15.5. The summed E-state index contributed by atoms with van der Waals surface area (Å²) in [4.78, 5) is 11.8. The van der Waals surface area contributed by atoms with E-state index in [0.717, 1.165) is 3.79 Å². The summed E-state index contributed by atoms with van der Waals surface area (Å²) < 4.78 is 41.5. The van der Waals surface area contributed by atoms with E-state index in [1.807, 2.05) is 0 Å². The molecule has 0 radical (unpaired) electrons. The first-order chi connectivity index (χ1) is 9.85. The van der Waals surface area contributed by atoms with E-state index in [2.05, 4.69) is 26.0 Å². The summed E-state index contributed by atoms with van der Waals surface area (Å²) in [5.74, 6) is -0.685. The van der Waals surface area contributed by atoms with Crippen molar-refractivity contribution in [3.05, 3.63) is 50.6 Å². The monoisotopic (exact) mass is 379 g/mol. The summed E-state index contributed by atoms with van der Waals surface area (Å²) >= 11 is 4.58. The van der Waals surface area contributed by atoms with Crippen molar-refractivity contribution in [2.24, 2.45) is 0 Å². The number of para-hydroxylation sites is 1. The standard InChI is InChI=1S/C13H9BrF3NO2S/c14-11-5-9(7-21-11)12(19)18-6-8-3-1-2-4-10(8)20-13(15,16)17/h1-5,7H,6H2,(H,18,19). The third-order valence-corrected chi connectivity index (χ3v) is 3.97. The van der Waals surface area contributed by atoms with Gasteiger partial charge >= 0.3 is 6.36 Å². The summed E-state index contributed by atoms with van der Waals surface area (Å²) in [5.41, 5.74) is 0.693. The summed E-state index contributed by atoms with van der Waals surface area (Å²) in [6, 6.07) is 7.31. The molecular weight excluding hydrogens is 371 g/mol. The fraction of sp³-hybridized carbons (Fsp3) is 0.154. The van der Waals surface area contributed by atoms with Gasteiger partial charge in [0.15, 0.2) is 0 Å². The third kappa shape index (κ3) is 4.75. The molecule has 1 amide bonds. The van der Waals surface area contributed by atoms with E-state index in [-0.39, 0.29) is 23.8 Å². The lowest BCUT2D eigenvalue weighted by Gasteiger charge is -2.13. The molecule has 2 rings (SSSR count). The first kappa shape index (κ1) is 15.8. The fourth-order valence-corrected chi connectivity index (χ4v) is 2.72. The number of hydrogen-bond donors (Lipinski definition) is 1. The van der Waals surface area contributed by atoms with Gasteiger partial charge in [-0.3, -0.25) is 4.79 Å². The predicted octanol–water partition coefficient (Wildman–Crippen LogP) is 4.34. The molecule has 0 saturated heterocycles. The lowest BCUT2D eigenvalue weighted by atomic mass is 10.2. The van der Waals surface area contributed by atoms with Crippen molar-refractivity contribution in [1.29, 1.82) is 0 Å². The minimum Gasteiger partial charge on any atom is -0.405 e. The van der Waals surface area contributed by atoms with Crippen LogP contribution in [0.3, 0.4) is 0 Å². The second-order valence-electron chi connectivity index (χ2n) is 3.98. The van der Waals surface area contributed by atoms with Crippen molar-refractivity contribution in [3.63, 3.8) is 0 Å². The van der Waals surface area contributed by atoms with Crippen LogP contribution in [-0.4, -0.2) is 12.3 Å². The molecule has 1 N–H and O–H groups in total. The van der Waals surface area contributed by atoms with Gasteiger partial charge in [-0.1, -0.05) is 18.2 Å². The molecule has 0 saturated carbocycles. The molecule has 1 aromatic carbocycles. The van der Waals surface area contributed by atoms with Crippen molar-refractivity contribution in [2.45, 2.75) is 12.9 Å². The third-order valence-electron chi connectivity index (χ3n) is 2.47. The molecule has 0 spiro atoms. The van der Waals surface area contributed by atoms with Gasteiger partial charge in [0.25, 0.3) is 5.91 Å². The van der Waals surface area contributed by atoms with Crippen molar-refractivity contribution < 1.29 is 22.7 Å². The van der Waals surface area contributed by atoms with Gasteiger partial charge in [0.2, 0.25) is 0 Å². The molecule has 0 atom stereocenters. The average Bonchev–Trinajstić information content (AvgIpc) is 2.82. The van der Waals surface area contributed by atoms with Gasteiger partial charge in [-0.05, 0) is 28.1 Å². The second-order valence-corrected chi connectivity index (χ2v) is 6.27. The minimum atomic E-state index is -4.77. The van der Waals surface area contributed by atoms with Gasteiger partial charge in [0, 0.05) is 17.5 Å². The second kappa shape index (κ2) is 6.48. The lowest BCUT2D eigenvalue weighted by Crippen LogP contribution is -2.24. The molecule has 0 bridgehead atoms. The number of carbonyl (C=O) groups excluding carboxylic acids is 1. The maximum absolute atomic E-state index is 12.3. The highest BCUT2D eigenvalue weighted by atomic mass is 79.9. The topological polar surface area (TPSA) is 38.3 Å². The van der Waals surface area contributed by atoms with Crippen LogP contribution in [0.5, 0.6) is 5.75 Å². The molecule has 1 aromatic heterocycles. The molecule has 1 heterocycles. The van der Waals surface area contributed by atoms with E-state index < -0.39 is 6.36 Å². The van der Waals surface area contributed by atoms with Crippen LogP contribution in [0.2, 0.25) is 0 Å². The van der Waals surface area contributed by atoms with Crippen LogP contribution in [-0.2, 0) is 6.54 Å². The summed E-state index contributed by atoms with van der Waals surface area (Å²) in [7, 11) is 0. The Morgan fingerprint density at radius 2 is 2.05 bits per heavy atom. The number of alkyl halides is 3. The van der Waals surface area contributed by atoms with E-state index in [9.17, 15) is 18.0 Å². The van der Waals surface area contributed by atoms with E-state index in [4.69, 9.17) is 0 Å². The van der Waals surface area contributed by atoms with Crippen LogP contribution >= 0.6 is 27.3 Å². The van der Waals surface area contributed by atoms with Crippen molar-refractivity contribution in [1.82, 2.24) is 5.32 Å². The van der Waals surface area contributed by atoms with E-state index in [1.54, 1.807) is 17.5 Å². The molecule has 0 fully saturated rings. The highest BCUT2D eigenvalue weighted by Crippen LogP contribution is 2.26. The van der Waals surface area contributed by atoms with Crippen LogP contribution in [0.25, 0.3) is 0 Å². The Morgan fingerprint density at radius 1 is 1.33 bits per heavy atom. The van der Waals surface area contributed by atoms with Gasteiger partial charge < -0.3 is 10.1 Å². The Kier molecular flexibility index (Phi) is 4.89. The molecule has 0 unspecified atom stereocenters. The van der Waals surface area contributed by atoms with Gasteiger partial charge in [0.1, 0.15) is 5.75 Å². The van der Waals surface area contributed by atoms with Crippen LogP contribution in [0.1, 0.15) is 15.9 Å². The number of thiophene rings is 1. The van der Waals surface area contributed by atoms with Gasteiger partial charge in [-0.25, -0.2) is 0 Å². The van der Waals surface area contributed by atoms with Crippen LogP contribution in [0, 0.1) is 0 Å². The van der Waals surface area contributed by atoms with E-state index >= 15 is 0 Å². The maximum atomic E-state index is 12.3. The Balaban J connectivity index is 2.05. The van der Waals surface area contributed by atoms with Gasteiger partial charge in [0.05, 0.1) is 9.35 Å². The number of nitrogens with one attached hydrogen (secondary N) is 1. The predicted molar refractivity (Wildman–Crippen MR) is 76.3 cm³/mol. The molecule has 0 aliphatic heterocycles. The normalized spacial score (nSPS) is 11.2. The quantitative estimate of drug-likeness (QED) is 0.857. The SMILES string of the molecule is O=C(NCc1ccccc1OC(F)(F)F)c1csc(Br)c1. The number of halogens is 4. The molecule has 112 valence electrons. The molecule has 3 nitrogen and oxygen atoms in total. The first-order valence-corrected chi connectivity index (χ1v) is 7.38. The zero-order valence-electron chi connectivity index (χ0n) is 10.4. The molecule has 0 aliphatic carbocycles. The zero-order valence-corrected chi connectivity index (χ0v) is 12.8. The minimum absolute atomic E-state index is 0.0570. The summed E-state index contributed by atoms with van der Waals surface area (Å²) in [6.07, 6.45) is -4.77. The molecule has 21 heavy (non-hydrogen) atoms. The Hall–Kier alpha value is -1.54. The molecule has 2 aromatic rings.